The fraction of sp³-hybridized carbons (Fsp3) is 0.294. The molecule has 1 aliphatic heterocycles. The number of rotatable bonds is 7. The maximum Gasteiger partial charge on any atom is 0.410 e. The molecule has 1 aliphatic rings. The lowest BCUT2D eigenvalue weighted by Crippen LogP contribution is -2.42. The van der Waals surface area contributed by atoms with Crippen LogP contribution in [0.15, 0.2) is 47.4 Å². The Morgan fingerprint density at radius 1 is 1.30 bits per heavy atom. The second-order valence-electron chi connectivity index (χ2n) is 6.70. The zero-order chi connectivity index (χ0) is 24.4. The molecule has 0 aliphatic carbocycles. The number of alkyl halides is 2. The number of hydrogen-bond donors (Lipinski definition) is 5. The van der Waals surface area contributed by atoms with E-state index in [0.29, 0.717) is 4.57 Å². The first kappa shape index (κ1) is 24.8. The highest BCUT2D eigenvalue weighted by Crippen LogP contribution is 2.44. The summed E-state index contributed by atoms with van der Waals surface area (Å²) in [6.45, 7) is -4.84. The number of aliphatic hydroxyl groups excluding tert-OH is 1. The summed E-state index contributed by atoms with van der Waals surface area (Å²) in [4.78, 5) is 48.3. The van der Waals surface area contributed by atoms with E-state index in [9.17, 15) is 33.2 Å². The normalized spacial score (nSPS) is 23.5. The summed E-state index contributed by atoms with van der Waals surface area (Å²) in [7, 11) is 0. The Morgan fingerprint density at radius 2 is 1.97 bits per heavy atom. The lowest BCUT2D eigenvalue weighted by molar-refractivity contribution is -0.140. The standard InChI is InChI=1S/C17H17F2N4O8PS/c18-17(19)12(24)10(8-30-32(29,33)22-13(25)9-4-2-1-3-5-9)31-14(17)23-7-6-11(20-15(23)26)21-16(27)28/h1-7,10,12,14,24H,8H2,(H,27,28)(H,20,21,26)(H2,22,25,29,33)/t10-,12-,14-,32?/m1/s1. The number of carboxylic acid groups (broad SMARTS) is 1. The van der Waals surface area contributed by atoms with E-state index in [1.807, 2.05) is 0 Å². The highest BCUT2D eigenvalue weighted by molar-refractivity contribution is 8.08. The molecule has 3 rings (SSSR count). The second kappa shape index (κ2) is 9.59. The van der Waals surface area contributed by atoms with Crippen molar-refractivity contribution in [2.75, 3.05) is 11.9 Å². The van der Waals surface area contributed by atoms with Crippen molar-refractivity contribution in [3.05, 3.63) is 58.6 Å². The average molecular weight is 506 g/mol. The minimum atomic E-state index is -4.00. The van der Waals surface area contributed by atoms with Crippen LogP contribution < -0.4 is 16.1 Å². The summed E-state index contributed by atoms with van der Waals surface area (Å²) < 4.78 is 39.6. The van der Waals surface area contributed by atoms with Gasteiger partial charge in [-0.1, -0.05) is 18.2 Å². The fourth-order valence-corrected chi connectivity index (χ4v) is 4.10. The van der Waals surface area contributed by atoms with Gasteiger partial charge in [0, 0.05) is 11.8 Å². The summed E-state index contributed by atoms with van der Waals surface area (Å²) >= 11 is 4.81. The summed E-state index contributed by atoms with van der Waals surface area (Å²) in [5.41, 5.74) is -1.11. The number of amides is 2. The molecule has 1 saturated heterocycles. The van der Waals surface area contributed by atoms with Crippen LogP contribution in [0, 0.1) is 0 Å². The molecule has 2 amide bonds. The Morgan fingerprint density at radius 3 is 2.58 bits per heavy atom. The molecule has 33 heavy (non-hydrogen) atoms. The van der Waals surface area contributed by atoms with Crippen molar-refractivity contribution in [3.63, 3.8) is 0 Å². The van der Waals surface area contributed by atoms with Crippen LogP contribution in [0.3, 0.4) is 0 Å². The van der Waals surface area contributed by atoms with E-state index < -0.39 is 61.1 Å². The van der Waals surface area contributed by atoms with Crippen LogP contribution in [0.1, 0.15) is 16.6 Å². The van der Waals surface area contributed by atoms with E-state index in [4.69, 9.17) is 26.2 Å². The average Bonchev–Trinajstić information content (AvgIpc) is 2.96. The molecule has 2 aromatic rings. The topological polar surface area (TPSA) is 172 Å². The number of ether oxygens (including phenoxy) is 1. The van der Waals surface area contributed by atoms with Crippen molar-refractivity contribution in [2.24, 2.45) is 0 Å². The van der Waals surface area contributed by atoms with Gasteiger partial charge in [0.1, 0.15) is 11.9 Å². The third kappa shape index (κ3) is 5.76. The number of anilines is 1. The van der Waals surface area contributed by atoms with Crippen LogP contribution in [0.5, 0.6) is 0 Å². The highest BCUT2D eigenvalue weighted by Gasteiger charge is 2.60. The quantitative estimate of drug-likeness (QED) is 0.340. The van der Waals surface area contributed by atoms with Crippen LogP contribution in [-0.4, -0.2) is 61.4 Å². The summed E-state index contributed by atoms with van der Waals surface area (Å²) in [5, 5.41) is 22.5. The number of halogens is 2. The molecule has 16 heteroatoms. The molecule has 1 fully saturated rings. The van der Waals surface area contributed by atoms with Crippen LogP contribution >= 0.6 is 6.64 Å². The molecular formula is C17H17F2N4O8PS. The molecule has 5 N–H and O–H groups in total. The van der Waals surface area contributed by atoms with Gasteiger partial charge in [-0.2, -0.15) is 13.8 Å². The van der Waals surface area contributed by atoms with Gasteiger partial charge in [-0.15, -0.1) is 0 Å². The predicted molar refractivity (Wildman–Crippen MR) is 111 cm³/mol. The zero-order valence-electron chi connectivity index (χ0n) is 16.4. The van der Waals surface area contributed by atoms with Crippen molar-refractivity contribution in [3.8, 4) is 0 Å². The molecule has 0 spiro atoms. The largest absolute Gasteiger partial charge is 0.465 e. The third-order valence-corrected chi connectivity index (χ3v) is 5.96. The SMILES string of the molecule is O=C(O)Nc1ccn([C@@H]2O[C@H](COP(O)(=S)NC(=O)c3ccccc3)[C@@H](O)C2(F)F)c(=O)n1. The van der Waals surface area contributed by atoms with Crippen molar-refractivity contribution in [2.45, 2.75) is 24.4 Å². The summed E-state index contributed by atoms with van der Waals surface area (Å²) in [5.74, 6) is -5.15. The Kier molecular flexibility index (Phi) is 7.21. The fourth-order valence-electron chi connectivity index (χ4n) is 2.87. The van der Waals surface area contributed by atoms with E-state index in [1.54, 1.807) is 23.5 Å². The molecule has 1 aromatic heterocycles. The number of carbonyl (C=O) groups excluding carboxylic acids is 1. The van der Waals surface area contributed by atoms with E-state index in [2.05, 4.69) is 10.1 Å². The van der Waals surface area contributed by atoms with Crippen LogP contribution in [0.25, 0.3) is 0 Å². The molecule has 12 nitrogen and oxygen atoms in total. The monoisotopic (exact) mass is 506 g/mol. The molecule has 2 heterocycles. The number of aromatic nitrogens is 2. The smallest absolute Gasteiger partial charge is 0.410 e. The lowest BCUT2D eigenvalue weighted by Gasteiger charge is -2.21. The maximum atomic E-state index is 14.6. The van der Waals surface area contributed by atoms with Crippen LogP contribution in [-0.2, 0) is 21.1 Å². The van der Waals surface area contributed by atoms with E-state index in [1.165, 1.54) is 12.1 Å². The first-order chi connectivity index (χ1) is 15.4. The van der Waals surface area contributed by atoms with Gasteiger partial charge in [0.25, 0.3) is 12.5 Å². The number of hydrogen-bond acceptors (Lipinski definition) is 8. The van der Waals surface area contributed by atoms with Crippen molar-refractivity contribution in [1.29, 1.82) is 0 Å². The van der Waals surface area contributed by atoms with Gasteiger partial charge < -0.3 is 24.4 Å². The molecule has 0 saturated carbocycles. The Balaban J connectivity index is 1.69. The lowest BCUT2D eigenvalue weighted by atomic mass is 10.1. The van der Waals surface area contributed by atoms with Crippen LogP contribution in [0.2, 0.25) is 0 Å². The predicted octanol–water partition coefficient (Wildman–Crippen LogP) is 0.890. The highest BCUT2D eigenvalue weighted by atomic mass is 32.5. The van der Waals surface area contributed by atoms with E-state index >= 15 is 0 Å². The third-order valence-electron chi connectivity index (χ3n) is 4.39. The Bertz CT molecular complexity index is 1150. The number of carbonyl (C=O) groups is 2. The molecule has 1 unspecified atom stereocenters. The molecule has 0 radical (unpaired) electrons. The van der Waals surface area contributed by atoms with Crippen molar-refractivity contribution in [1.82, 2.24) is 14.6 Å². The maximum absolute atomic E-state index is 14.6. The Hall–Kier alpha value is -2.81. The van der Waals surface area contributed by atoms with Gasteiger partial charge >= 0.3 is 17.7 Å². The molecule has 0 bridgehead atoms. The van der Waals surface area contributed by atoms with Gasteiger partial charge in [-0.05, 0) is 30.0 Å². The minimum Gasteiger partial charge on any atom is -0.465 e. The zero-order valence-corrected chi connectivity index (χ0v) is 18.1. The van der Waals surface area contributed by atoms with Gasteiger partial charge in [0.05, 0.1) is 6.61 Å². The van der Waals surface area contributed by atoms with E-state index in [0.717, 1.165) is 12.3 Å². The second-order valence-corrected chi connectivity index (χ2v) is 9.71. The van der Waals surface area contributed by atoms with Gasteiger partial charge in [-0.3, -0.25) is 19.8 Å². The number of nitrogens with one attached hydrogen (secondary N) is 2. The van der Waals surface area contributed by atoms with Crippen LogP contribution in [0.4, 0.5) is 19.4 Å². The first-order valence-corrected chi connectivity index (χ1v) is 11.7. The first-order valence-electron chi connectivity index (χ1n) is 9.06. The molecule has 4 atom stereocenters. The van der Waals surface area contributed by atoms with Gasteiger partial charge in [0.15, 0.2) is 6.10 Å². The minimum absolute atomic E-state index is 0.167. The number of nitrogens with zero attached hydrogens (tertiary/aromatic N) is 2. The molecule has 178 valence electrons. The molecule has 1 aromatic carbocycles. The number of aliphatic hydroxyl groups is 1. The molecular weight excluding hydrogens is 489 g/mol. The summed E-state index contributed by atoms with van der Waals surface area (Å²) in [6, 6.07) is 8.64. The van der Waals surface area contributed by atoms with E-state index in [-0.39, 0.29) is 5.56 Å². The van der Waals surface area contributed by atoms with Crippen molar-refractivity contribution >= 4 is 36.3 Å². The Labute approximate surface area is 189 Å². The number of benzene rings is 1. The van der Waals surface area contributed by atoms with Gasteiger partial charge in [-0.25, -0.2) is 9.59 Å². The van der Waals surface area contributed by atoms with Gasteiger partial charge in [0.2, 0.25) is 6.23 Å². The van der Waals surface area contributed by atoms with Crippen molar-refractivity contribution < 1.29 is 42.7 Å². The summed E-state index contributed by atoms with van der Waals surface area (Å²) in [6.07, 6.45) is -7.22.